The number of thioether (sulfide) groups is 1. The first-order valence-corrected chi connectivity index (χ1v) is 8.07. The molecule has 0 bridgehead atoms. The Morgan fingerprint density at radius 2 is 2.00 bits per heavy atom. The highest BCUT2D eigenvalue weighted by Gasteiger charge is 2.12. The van der Waals surface area contributed by atoms with E-state index in [1.807, 2.05) is 31.2 Å². The normalized spacial score (nSPS) is 11.3. The predicted molar refractivity (Wildman–Crippen MR) is 92.2 cm³/mol. The molecule has 0 saturated carbocycles. The van der Waals surface area contributed by atoms with Crippen LogP contribution in [0.3, 0.4) is 0 Å². The zero-order valence-corrected chi connectivity index (χ0v) is 13.2. The Balaban J connectivity index is 2.07. The summed E-state index contributed by atoms with van der Waals surface area (Å²) in [5.74, 6) is 0.865. The number of rotatable bonds is 5. The third kappa shape index (κ3) is 3.09. The molecule has 0 radical (unpaired) electrons. The van der Waals surface area contributed by atoms with Crippen LogP contribution in [0.4, 0.5) is 5.69 Å². The highest BCUT2D eigenvalue weighted by molar-refractivity contribution is 7.99. The van der Waals surface area contributed by atoms with Gasteiger partial charge in [0.15, 0.2) is 5.16 Å². The number of benzene rings is 2. The van der Waals surface area contributed by atoms with Crippen molar-refractivity contribution in [1.82, 2.24) is 9.66 Å². The van der Waals surface area contributed by atoms with Gasteiger partial charge in [0, 0.05) is 6.07 Å². The molecule has 2 aromatic carbocycles. The average molecular weight is 326 g/mol. The maximum Gasteiger partial charge on any atom is 0.278 e. The number of hydrogen-bond acceptors (Lipinski definition) is 5. The van der Waals surface area contributed by atoms with Gasteiger partial charge in [-0.05, 0) is 24.0 Å². The Hall–Kier alpha value is -2.67. The summed E-state index contributed by atoms with van der Waals surface area (Å²) in [6.45, 7) is 2.04. The summed E-state index contributed by atoms with van der Waals surface area (Å²) in [4.78, 5) is 15.2. The van der Waals surface area contributed by atoms with Gasteiger partial charge in [0.05, 0.1) is 27.7 Å². The number of imidazole rings is 1. The minimum Gasteiger partial charge on any atom is -0.258 e. The summed E-state index contributed by atoms with van der Waals surface area (Å²) in [6.07, 6.45) is 1.51. The Morgan fingerprint density at radius 1 is 1.26 bits per heavy atom. The standard InChI is InChI=1S/C16H14N4O2S/c1-2-23-16-18-13-8-4-6-10-15(13)19(16)17-11-12-7-3-5-9-14(12)20(21)22/h3-11H,2H2,1H3. The van der Waals surface area contributed by atoms with E-state index in [2.05, 4.69) is 10.1 Å². The Bertz CT molecular complexity index is 889. The quantitative estimate of drug-likeness (QED) is 0.308. The molecule has 3 rings (SSSR count). The first-order chi connectivity index (χ1) is 11.2. The molecule has 116 valence electrons. The van der Waals surface area contributed by atoms with Crippen LogP contribution in [0.15, 0.2) is 58.8 Å². The van der Waals surface area contributed by atoms with Crippen molar-refractivity contribution in [3.05, 3.63) is 64.2 Å². The molecule has 23 heavy (non-hydrogen) atoms. The number of hydrogen-bond donors (Lipinski definition) is 0. The smallest absolute Gasteiger partial charge is 0.258 e. The lowest BCUT2D eigenvalue weighted by molar-refractivity contribution is -0.385. The van der Waals surface area contributed by atoms with Crippen LogP contribution in [0.2, 0.25) is 0 Å². The molecule has 0 aliphatic carbocycles. The van der Waals surface area contributed by atoms with Crippen molar-refractivity contribution in [1.29, 1.82) is 0 Å². The molecule has 0 spiro atoms. The number of nitro groups is 1. The highest BCUT2D eigenvalue weighted by Crippen LogP contribution is 2.24. The number of aromatic nitrogens is 2. The van der Waals surface area contributed by atoms with E-state index in [4.69, 9.17) is 0 Å². The van der Waals surface area contributed by atoms with Gasteiger partial charge in [-0.15, -0.1) is 0 Å². The molecular weight excluding hydrogens is 312 g/mol. The molecule has 3 aromatic rings. The van der Waals surface area contributed by atoms with Crippen LogP contribution in [0.5, 0.6) is 0 Å². The zero-order chi connectivity index (χ0) is 16.2. The van der Waals surface area contributed by atoms with E-state index in [0.717, 1.165) is 21.9 Å². The molecule has 1 aromatic heterocycles. The van der Waals surface area contributed by atoms with Gasteiger partial charge in [-0.1, -0.05) is 43.0 Å². The van der Waals surface area contributed by atoms with Gasteiger partial charge in [-0.3, -0.25) is 10.1 Å². The van der Waals surface area contributed by atoms with E-state index < -0.39 is 4.92 Å². The number of nitrogens with zero attached hydrogens (tertiary/aromatic N) is 4. The van der Waals surface area contributed by atoms with Crippen LogP contribution in [0.1, 0.15) is 12.5 Å². The lowest BCUT2D eigenvalue weighted by atomic mass is 10.2. The van der Waals surface area contributed by atoms with Crippen LogP contribution in [-0.2, 0) is 0 Å². The summed E-state index contributed by atoms with van der Waals surface area (Å²) >= 11 is 1.58. The minimum absolute atomic E-state index is 0.0327. The van der Waals surface area contributed by atoms with E-state index >= 15 is 0 Å². The zero-order valence-electron chi connectivity index (χ0n) is 12.4. The van der Waals surface area contributed by atoms with Crippen molar-refractivity contribution in [2.45, 2.75) is 12.1 Å². The van der Waals surface area contributed by atoms with E-state index in [0.29, 0.717) is 5.56 Å². The Kier molecular flexibility index (Phi) is 4.38. The maximum atomic E-state index is 11.1. The summed E-state index contributed by atoms with van der Waals surface area (Å²) in [7, 11) is 0. The molecular formula is C16H14N4O2S. The first kappa shape index (κ1) is 15.2. The van der Waals surface area contributed by atoms with Gasteiger partial charge < -0.3 is 0 Å². The van der Waals surface area contributed by atoms with Crippen molar-refractivity contribution < 1.29 is 4.92 Å². The molecule has 0 fully saturated rings. The van der Waals surface area contributed by atoms with E-state index in [-0.39, 0.29) is 5.69 Å². The Labute approximate surface area is 137 Å². The van der Waals surface area contributed by atoms with E-state index in [1.165, 1.54) is 12.3 Å². The topological polar surface area (TPSA) is 73.3 Å². The summed E-state index contributed by atoms with van der Waals surface area (Å²) < 4.78 is 1.72. The fraction of sp³-hybridized carbons (Fsp3) is 0.125. The van der Waals surface area contributed by atoms with Gasteiger partial charge in [0.25, 0.3) is 5.69 Å². The molecule has 7 heteroatoms. The fourth-order valence-corrected chi connectivity index (χ4v) is 2.90. The molecule has 0 aliphatic rings. The second-order valence-corrected chi connectivity index (χ2v) is 5.92. The summed E-state index contributed by atoms with van der Waals surface area (Å²) in [5.41, 5.74) is 2.22. The van der Waals surface area contributed by atoms with Crippen molar-refractivity contribution in [2.75, 3.05) is 5.75 Å². The fourth-order valence-electron chi connectivity index (χ4n) is 2.21. The van der Waals surface area contributed by atoms with Crippen molar-refractivity contribution in [3.63, 3.8) is 0 Å². The maximum absolute atomic E-state index is 11.1. The molecule has 0 unspecified atom stereocenters. The van der Waals surface area contributed by atoms with Crippen molar-refractivity contribution in [2.24, 2.45) is 5.10 Å². The number of para-hydroxylation sites is 3. The largest absolute Gasteiger partial charge is 0.278 e. The van der Waals surface area contributed by atoms with Crippen LogP contribution in [0, 0.1) is 10.1 Å². The monoisotopic (exact) mass is 326 g/mol. The minimum atomic E-state index is -0.408. The van der Waals surface area contributed by atoms with Crippen LogP contribution in [0.25, 0.3) is 11.0 Å². The molecule has 0 aliphatic heterocycles. The lowest BCUT2D eigenvalue weighted by Gasteiger charge is -2.01. The summed E-state index contributed by atoms with van der Waals surface area (Å²) in [5, 5.41) is 16.3. The van der Waals surface area contributed by atoms with Gasteiger partial charge in [0.2, 0.25) is 0 Å². The molecule has 0 N–H and O–H groups in total. The third-order valence-electron chi connectivity index (χ3n) is 3.23. The number of fused-ring (bicyclic) bond motifs is 1. The van der Waals surface area contributed by atoms with E-state index in [9.17, 15) is 10.1 Å². The van der Waals surface area contributed by atoms with Gasteiger partial charge in [-0.25, -0.2) is 9.66 Å². The first-order valence-electron chi connectivity index (χ1n) is 7.08. The van der Waals surface area contributed by atoms with Gasteiger partial charge >= 0.3 is 0 Å². The molecule has 6 nitrogen and oxygen atoms in total. The molecule has 1 heterocycles. The second-order valence-electron chi connectivity index (χ2n) is 4.69. The SMILES string of the molecule is CCSc1nc2ccccc2n1N=Cc1ccccc1[N+](=O)[O-]. The Morgan fingerprint density at radius 3 is 2.78 bits per heavy atom. The highest BCUT2D eigenvalue weighted by atomic mass is 32.2. The predicted octanol–water partition coefficient (Wildman–Crippen LogP) is 3.94. The van der Waals surface area contributed by atoms with Crippen LogP contribution in [-0.4, -0.2) is 26.6 Å². The molecule has 0 amide bonds. The average Bonchev–Trinajstić information content (AvgIpc) is 2.91. The van der Waals surface area contributed by atoms with Crippen LogP contribution >= 0.6 is 11.8 Å². The molecule has 0 saturated heterocycles. The third-order valence-corrected chi connectivity index (χ3v) is 4.04. The van der Waals surface area contributed by atoms with Crippen LogP contribution < -0.4 is 0 Å². The number of nitro benzene ring substituents is 1. The van der Waals surface area contributed by atoms with E-state index in [1.54, 1.807) is 34.6 Å². The van der Waals surface area contributed by atoms with Crippen molar-refractivity contribution >= 4 is 34.7 Å². The lowest BCUT2D eigenvalue weighted by Crippen LogP contribution is -1.97. The van der Waals surface area contributed by atoms with Gasteiger partial charge in [-0.2, -0.15) is 5.10 Å². The van der Waals surface area contributed by atoms with Crippen molar-refractivity contribution in [3.8, 4) is 0 Å². The summed E-state index contributed by atoms with van der Waals surface area (Å²) in [6, 6.07) is 14.2. The molecule has 0 atom stereocenters. The second kappa shape index (κ2) is 6.62. The van der Waals surface area contributed by atoms with Gasteiger partial charge in [0.1, 0.15) is 0 Å².